The number of carboxylic acid groups (broad SMARTS) is 2. The maximum absolute atomic E-state index is 11.8. The number of nitrogens with zero attached hydrogens (tertiary/aromatic N) is 3. The molecule has 0 saturated carbocycles. The smallest absolute Gasteiger partial charge is 0.334 e. The number of hydrogen-bond donors (Lipinski definition) is 2. The fraction of sp³-hybridized carbons (Fsp3) is 0.389. The van der Waals surface area contributed by atoms with Gasteiger partial charge in [0.05, 0.1) is 11.6 Å². The first-order valence-corrected chi connectivity index (χ1v) is 8.49. The number of ether oxygens (including phenoxy) is 1. The summed E-state index contributed by atoms with van der Waals surface area (Å²) >= 11 is 0. The van der Waals surface area contributed by atoms with Crippen LogP contribution in [0.25, 0.3) is 11.0 Å². The Morgan fingerprint density at radius 2 is 2.15 bits per heavy atom. The summed E-state index contributed by atoms with van der Waals surface area (Å²) in [4.78, 5) is 26.7. The van der Waals surface area contributed by atoms with Crippen LogP contribution in [0.4, 0.5) is 5.82 Å². The van der Waals surface area contributed by atoms with Gasteiger partial charge in [0.15, 0.2) is 11.4 Å². The van der Waals surface area contributed by atoms with Crippen molar-refractivity contribution in [1.29, 1.82) is 0 Å². The first-order valence-electron chi connectivity index (χ1n) is 8.49. The summed E-state index contributed by atoms with van der Waals surface area (Å²) < 4.78 is 11.2. The molecule has 0 fully saturated rings. The fourth-order valence-electron chi connectivity index (χ4n) is 3.18. The molecule has 1 aliphatic heterocycles. The van der Waals surface area contributed by atoms with Gasteiger partial charge in [-0.3, -0.25) is 0 Å². The summed E-state index contributed by atoms with van der Waals surface area (Å²) in [5, 5.41) is 23.5. The van der Waals surface area contributed by atoms with Gasteiger partial charge in [0.2, 0.25) is 0 Å². The number of carboxylic acids is 2. The molecular formula is C18H21N3O6. The molecule has 27 heavy (non-hydrogen) atoms. The molecule has 2 aromatic rings. The number of carbonyl (C=O) groups is 2. The van der Waals surface area contributed by atoms with Gasteiger partial charge < -0.3 is 29.3 Å². The normalized spacial score (nSPS) is 17.1. The van der Waals surface area contributed by atoms with Crippen molar-refractivity contribution in [3.63, 3.8) is 0 Å². The molecule has 144 valence electrons. The van der Waals surface area contributed by atoms with Gasteiger partial charge in [-0.2, -0.15) is 0 Å². The van der Waals surface area contributed by atoms with Crippen LogP contribution in [0.2, 0.25) is 0 Å². The van der Waals surface area contributed by atoms with Crippen LogP contribution >= 0.6 is 0 Å². The molecule has 2 N–H and O–H groups in total. The zero-order valence-corrected chi connectivity index (χ0v) is 15.1. The maximum atomic E-state index is 11.8. The van der Waals surface area contributed by atoms with Gasteiger partial charge in [0.25, 0.3) is 0 Å². The number of anilines is 1. The number of benzene rings is 1. The summed E-state index contributed by atoms with van der Waals surface area (Å²) in [7, 11) is 3.89. The molecule has 2 heterocycles. The molecule has 1 aliphatic rings. The van der Waals surface area contributed by atoms with Crippen molar-refractivity contribution in [3.8, 4) is 5.75 Å². The topological polar surface area (TPSA) is 116 Å². The highest BCUT2D eigenvalue weighted by molar-refractivity contribution is 5.99. The van der Waals surface area contributed by atoms with Crippen molar-refractivity contribution in [1.82, 2.24) is 10.1 Å². The second kappa shape index (κ2) is 7.67. The van der Waals surface area contributed by atoms with E-state index in [9.17, 15) is 14.7 Å². The monoisotopic (exact) mass is 375 g/mol. The number of rotatable bonds is 7. The second-order valence-corrected chi connectivity index (χ2v) is 6.56. The molecular weight excluding hydrogens is 354 g/mol. The lowest BCUT2D eigenvalue weighted by atomic mass is 10.0. The second-order valence-electron chi connectivity index (χ2n) is 6.56. The lowest BCUT2D eigenvalue weighted by Gasteiger charge is -2.30. The van der Waals surface area contributed by atoms with Crippen molar-refractivity contribution in [2.45, 2.75) is 12.5 Å². The quantitative estimate of drug-likeness (QED) is 0.693. The third-order valence-corrected chi connectivity index (χ3v) is 4.38. The van der Waals surface area contributed by atoms with Gasteiger partial charge in [0, 0.05) is 12.6 Å². The van der Waals surface area contributed by atoms with Gasteiger partial charge >= 0.3 is 11.9 Å². The van der Waals surface area contributed by atoms with Crippen LogP contribution in [0, 0.1) is 0 Å². The molecule has 9 nitrogen and oxygen atoms in total. The van der Waals surface area contributed by atoms with Gasteiger partial charge in [0.1, 0.15) is 17.7 Å². The van der Waals surface area contributed by atoms with Gasteiger partial charge in [-0.25, -0.2) is 9.59 Å². The van der Waals surface area contributed by atoms with Crippen LogP contribution in [-0.2, 0) is 9.59 Å². The molecule has 1 atom stereocenters. The van der Waals surface area contributed by atoms with Crippen LogP contribution in [0.5, 0.6) is 5.75 Å². The minimum Gasteiger partial charge on any atom is -0.490 e. The van der Waals surface area contributed by atoms with Crippen molar-refractivity contribution in [2.24, 2.45) is 0 Å². The Morgan fingerprint density at radius 1 is 1.37 bits per heavy atom. The van der Waals surface area contributed by atoms with E-state index in [4.69, 9.17) is 14.4 Å². The Kier molecular flexibility index (Phi) is 5.31. The van der Waals surface area contributed by atoms with Crippen LogP contribution in [0.1, 0.15) is 6.42 Å². The Hall–Kier alpha value is -3.07. The van der Waals surface area contributed by atoms with Crippen molar-refractivity contribution in [3.05, 3.63) is 29.8 Å². The van der Waals surface area contributed by atoms with E-state index in [1.54, 1.807) is 23.1 Å². The molecule has 0 radical (unpaired) electrons. The first-order chi connectivity index (χ1) is 12.9. The van der Waals surface area contributed by atoms with E-state index >= 15 is 0 Å². The van der Waals surface area contributed by atoms with E-state index < -0.39 is 18.0 Å². The highest BCUT2D eigenvalue weighted by Gasteiger charge is 2.34. The maximum Gasteiger partial charge on any atom is 0.334 e. The highest BCUT2D eigenvalue weighted by Crippen LogP contribution is 2.38. The molecule has 1 aromatic heterocycles. The van der Waals surface area contributed by atoms with Gasteiger partial charge in [-0.1, -0.05) is 11.2 Å². The molecule has 1 aromatic carbocycles. The van der Waals surface area contributed by atoms with Crippen molar-refractivity contribution in [2.75, 3.05) is 38.7 Å². The van der Waals surface area contributed by atoms with Crippen molar-refractivity contribution >= 4 is 28.7 Å². The Morgan fingerprint density at radius 3 is 2.81 bits per heavy atom. The lowest BCUT2D eigenvalue weighted by molar-refractivity contribution is -0.135. The molecule has 0 spiro atoms. The van der Waals surface area contributed by atoms with Crippen LogP contribution in [-0.4, -0.2) is 72.0 Å². The zero-order valence-electron chi connectivity index (χ0n) is 15.1. The summed E-state index contributed by atoms with van der Waals surface area (Å²) in [5.41, 5.74) is 0.260. The summed E-state index contributed by atoms with van der Waals surface area (Å²) in [5.74, 6) is -1.65. The zero-order chi connectivity index (χ0) is 19.6. The Balaban J connectivity index is 2.07. The number of aliphatic carboxylic acids is 2. The molecule has 3 rings (SSSR count). The SMILES string of the molecule is CN(C)CCCN1c2noc3cccc(c23)OCC1/C(=C\C(=O)O)C(=O)O. The van der Waals surface area contributed by atoms with E-state index in [0.29, 0.717) is 35.2 Å². The van der Waals surface area contributed by atoms with E-state index in [2.05, 4.69) is 5.16 Å². The van der Waals surface area contributed by atoms with E-state index in [1.807, 2.05) is 19.0 Å². The van der Waals surface area contributed by atoms with E-state index in [-0.39, 0.29) is 12.2 Å². The van der Waals surface area contributed by atoms with Crippen LogP contribution in [0.3, 0.4) is 0 Å². The third kappa shape index (κ3) is 3.87. The molecule has 9 heteroatoms. The van der Waals surface area contributed by atoms with E-state index in [1.165, 1.54) is 0 Å². The predicted octanol–water partition coefficient (Wildman–Crippen LogP) is 1.44. The Bertz CT molecular complexity index is 888. The number of aromatic nitrogens is 1. The summed E-state index contributed by atoms with van der Waals surface area (Å²) in [6, 6.07) is 4.45. The third-order valence-electron chi connectivity index (χ3n) is 4.38. The standard InChI is InChI=1S/C18H21N3O6/c1-20(2)7-4-8-21-12(11(18(24)25)9-15(22)23)10-26-13-5-3-6-14-16(13)17(21)19-27-14/h3,5-6,9,12H,4,7-8,10H2,1-2H3,(H,22,23)(H,24,25)/b11-9+. The highest BCUT2D eigenvalue weighted by atomic mass is 16.5. The van der Waals surface area contributed by atoms with Crippen LogP contribution in [0.15, 0.2) is 34.4 Å². The lowest BCUT2D eigenvalue weighted by Crippen LogP contribution is -2.44. The molecule has 0 aliphatic carbocycles. The van der Waals surface area contributed by atoms with Gasteiger partial charge in [-0.05, 0) is 39.2 Å². The molecule has 1 unspecified atom stereocenters. The van der Waals surface area contributed by atoms with E-state index in [0.717, 1.165) is 13.0 Å². The van der Waals surface area contributed by atoms with Crippen molar-refractivity contribution < 1.29 is 29.1 Å². The summed E-state index contributed by atoms with van der Waals surface area (Å²) in [6.07, 6.45) is 1.43. The fourth-order valence-corrected chi connectivity index (χ4v) is 3.18. The minimum absolute atomic E-state index is 0.0111. The first kappa shape index (κ1) is 18.7. The largest absolute Gasteiger partial charge is 0.490 e. The summed E-state index contributed by atoms with van der Waals surface area (Å²) in [6.45, 7) is 1.23. The number of hydrogen-bond acceptors (Lipinski definition) is 7. The van der Waals surface area contributed by atoms with Gasteiger partial charge in [-0.15, -0.1) is 0 Å². The van der Waals surface area contributed by atoms with Crippen LogP contribution < -0.4 is 9.64 Å². The minimum atomic E-state index is -1.33. The molecule has 0 saturated heterocycles. The Labute approximate surface area is 155 Å². The average molecular weight is 375 g/mol. The predicted molar refractivity (Wildman–Crippen MR) is 97.2 cm³/mol. The molecule has 0 bridgehead atoms. The molecule has 0 amide bonds. The average Bonchev–Trinajstić information content (AvgIpc) is 2.95.